The Bertz CT molecular complexity index is 931. The van der Waals surface area contributed by atoms with Crippen molar-refractivity contribution in [2.75, 3.05) is 44.6 Å². The molecule has 0 radical (unpaired) electrons. The summed E-state index contributed by atoms with van der Waals surface area (Å²) in [6.07, 6.45) is 3.46. The minimum atomic E-state index is -3.73. The first-order valence-corrected chi connectivity index (χ1v) is 12.0. The van der Waals surface area contributed by atoms with Gasteiger partial charge in [-0.25, -0.2) is 8.42 Å². The maximum atomic E-state index is 13.5. The van der Waals surface area contributed by atoms with Gasteiger partial charge in [-0.1, -0.05) is 24.3 Å². The Morgan fingerprint density at radius 1 is 1.06 bits per heavy atom. The molecule has 0 aliphatic heterocycles. The number of ether oxygens (including phenoxy) is 1. The lowest BCUT2D eigenvalue weighted by Crippen LogP contribution is -2.37. The summed E-state index contributed by atoms with van der Waals surface area (Å²) in [6.45, 7) is 6.01. The third-order valence-corrected chi connectivity index (χ3v) is 6.45. The van der Waals surface area contributed by atoms with Crippen LogP contribution in [0, 0.1) is 6.92 Å². The van der Waals surface area contributed by atoms with Crippen molar-refractivity contribution in [1.82, 2.24) is 10.3 Å². The molecule has 0 unspecified atom stereocenters. The normalized spacial score (nSPS) is 11.8. The zero-order valence-corrected chi connectivity index (χ0v) is 19.7. The molecule has 0 aliphatic carbocycles. The molecule has 31 heavy (non-hydrogen) atoms. The van der Waals surface area contributed by atoms with Crippen LogP contribution in [0.25, 0.3) is 0 Å². The Kier molecular flexibility index (Phi) is 9.81. The molecule has 2 aromatic carbocycles. The molecule has 8 heteroatoms. The van der Waals surface area contributed by atoms with Crippen LogP contribution in [0.2, 0.25) is 0 Å². The average Bonchev–Trinajstić information content (AvgIpc) is 2.74. The lowest BCUT2D eigenvalue weighted by Gasteiger charge is -2.28. The van der Waals surface area contributed by atoms with Gasteiger partial charge in [-0.05, 0) is 70.6 Å². The molecule has 0 atom stereocenters. The van der Waals surface area contributed by atoms with E-state index < -0.39 is 10.0 Å². The van der Waals surface area contributed by atoms with Gasteiger partial charge in [0.15, 0.2) is 0 Å². The first-order chi connectivity index (χ1) is 14.9. The van der Waals surface area contributed by atoms with E-state index in [2.05, 4.69) is 10.5 Å². The van der Waals surface area contributed by atoms with Gasteiger partial charge in [-0.3, -0.25) is 4.31 Å². The van der Waals surface area contributed by atoms with Crippen molar-refractivity contribution < 1.29 is 13.2 Å². The highest BCUT2D eigenvalue weighted by Gasteiger charge is 2.27. The van der Waals surface area contributed by atoms with Crippen LogP contribution in [0.3, 0.4) is 0 Å². The summed E-state index contributed by atoms with van der Waals surface area (Å²) in [5.41, 5.74) is 4.54. The van der Waals surface area contributed by atoms with E-state index in [-0.39, 0.29) is 4.90 Å². The summed E-state index contributed by atoms with van der Waals surface area (Å²) < 4.78 is 34.5. The molecular weight excluding hydrogens is 412 g/mol. The van der Waals surface area contributed by atoms with Crippen molar-refractivity contribution in [1.29, 1.82) is 0 Å². The highest BCUT2D eigenvalue weighted by atomic mass is 32.2. The number of anilines is 1. The van der Waals surface area contributed by atoms with Gasteiger partial charge in [-0.2, -0.15) is 5.10 Å². The second-order valence-corrected chi connectivity index (χ2v) is 9.38. The van der Waals surface area contributed by atoms with Crippen LogP contribution in [0.15, 0.2) is 58.5 Å². The van der Waals surface area contributed by atoms with E-state index in [1.807, 2.05) is 57.1 Å². The molecule has 0 aliphatic rings. The second kappa shape index (κ2) is 12.3. The van der Waals surface area contributed by atoms with Crippen molar-refractivity contribution in [3.8, 4) is 5.75 Å². The lowest BCUT2D eigenvalue weighted by molar-refractivity contribution is 0.306. The van der Waals surface area contributed by atoms with E-state index in [1.54, 1.807) is 30.5 Å². The maximum absolute atomic E-state index is 13.5. The molecular formula is C23H34N4O3S. The fraction of sp³-hybridized carbons (Fsp3) is 0.435. The predicted octanol–water partition coefficient (Wildman–Crippen LogP) is 3.51. The quantitative estimate of drug-likeness (QED) is 0.290. The number of aryl methyl sites for hydroxylation is 1. The van der Waals surface area contributed by atoms with Gasteiger partial charge in [-0.15, -0.1) is 0 Å². The number of benzene rings is 2. The highest BCUT2D eigenvalue weighted by molar-refractivity contribution is 7.92. The van der Waals surface area contributed by atoms with Gasteiger partial charge >= 0.3 is 0 Å². The molecule has 0 bridgehead atoms. The molecule has 0 saturated heterocycles. The van der Waals surface area contributed by atoms with E-state index >= 15 is 0 Å². The SMILES string of the molecule is C/C=N/NCCCCOc1cc(C)ccc1N(CCN(C)C)S(=O)(=O)c1ccccc1. The second-order valence-electron chi connectivity index (χ2n) is 7.52. The monoisotopic (exact) mass is 446 g/mol. The Morgan fingerprint density at radius 2 is 1.81 bits per heavy atom. The maximum Gasteiger partial charge on any atom is 0.264 e. The molecule has 2 rings (SSSR count). The first-order valence-electron chi connectivity index (χ1n) is 10.5. The summed E-state index contributed by atoms with van der Waals surface area (Å²) in [7, 11) is 0.124. The van der Waals surface area contributed by atoms with Crippen LogP contribution in [-0.2, 0) is 10.0 Å². The van der Waals surface area contributed by atoms with Crippen molar-refractivity contribution in [2.24, 2.45) is 5.10 Å². The topological polar surface area (TPSA) is 74.2 Å². The van der Waals surface area contributed by atoms with Crippen LogP contribution in [0.1, 0.15) is 25.3 Å². The summed E-state index contributed by atoms with van der Waals surface area (Å²) >= 11 is 0. The summed E-state index contributed by atoms with van der Waals surface area (Å²) in [5, 5.41) is 3.97. The number of hydrogen-bond acceptors (Lipinski definition) is 6. The van der Waals surface area contributed by atoms with Gasteiger partial charge in [0, 0.05) is 25.8 Å². The third-order valence-electron chi connectivity index (χ3n) is 4.63. The zero-order valence-electron chi connectivity index (χ0n) is 18.9. The standard InChI is InChI=1S/C23H34N4O3S/c1-5-24-25-15-9-10-18-30-23-19-20(2)13-14-22(23)27(17-16-26(3)4)31(28,29)21-11-7-6-8-12-21/h5-8,11-14,19,25H,9-10,15-18H2,1-4H3/b24-5+. The van der Waals surface area contributed by atoms with Gasteiger partial charge in [0.05, 0.1) is 17.2 Å². The predicted molar refractivity (Wildman–Crippen MR) is 128 cm³/mol. The fourth-order valence-electron chi connectivity index (χ4n) is 2.97. The fourth-order valence-corrected chi connectivity index (χ4v) is 4.46. The van der Waals surface area contributed by atoms with Crippen molar-refractivity contribution in [3.63, 3.8) is 0 Å². The number of nitrogens with one attached hydrogen (secondary N) is 1. The zero-order chi connectivity index (χ0) is 22.7. The van der Waals surface area contributed by atoms with Gasteiger partial charge in [0.25, 0.3) is 10.0 Å². The minimum Gasteiger partial charge on any atom is -0.491 e. The Balaban J connectivity index is 2.27. The molecule has 2 aromatic rings. The molecule has 0 heterocycles. The van der Waals surface area contributed by atoms with Gasteiger partial charge < -0.3 is 15.1 Å². The number of rotatable bonds is 13. The van der Waals surface area contributed by atoms with E-state index in [9.17, 15) is 8.42 Å². The van der Waals surface area contributed by atoms with Gasteiger partial charge in [0.2, 0.25) is 0 Å². The Hall–Kier alpha value is -2.58. The molecule has 170 valence electrons. The summed E-state index contributed by atoms with van der Waals surface area (Å²) in [6, 6.07) is 14.2. The smallest absolute Gasteiger partial charge is 0.264 e. The summed E-state index contributed by atoms with van der Waals surface area (Å²) in [4.78, 5) is 2.23. The highest BCUT2D eigenvalue weighted by Crippen LogP contribution is 2.33. The largest absolute Gasteiger partial charge is 0.491 e. The van der Waals surface area contributed by atoms with Gasteiger partial charge in [0.1, 0.15) is 5.75 Å². The van der Waals surface area contributed by atoms with Crippen LogP contribution < -0.4 is 14.5 Å². The number of likely N-dealkylation sites (N-methyl/N-ethyl adjacent to an activating group) is 1. The van der Waals surface area contributed by atoms with Crippen LogP contribution in [-0.4, -0.2) is 59.9 Å². The number of nitrogens with zero attached hydrogens (tertiary/aromatic N) is 3. The van der Waals surface area contributed by atoms with Crippen molar-refractivity contribution in [3.05, 3.63) is 54.1 Å². The molecule has 0 aromatic heterocycles. The average molecular weight is 447 g/mol. The molecule has 0 saturated carbocycles. The molecule has 0 amide bonds. The van der Waals surface area contributed by atoms with Crippen molar-refractivity contribution >= 4 is 21.9 Å². The number of hydrogen-bond donors (Lipinski definition) is 1. The number of sulfonamides is 1. The molecule has 0 spiro atoms. The van der Waals surface area contributed by atoms with Crippen LogP contribution >= 0.6 is 0 Å². The Morgan fingerprint density at radius 3 is 2.48 bits per heavy atom. The van der Waals surface area contributed by atoms with Crippen molar-refractivity contribution in [2.45, 2.75) is 31.6 Å². The first kappa shape index (κ1) is 24.7. The lowest BCUT2D eigenvalue weighted by atomic mass is 10.2. The minimum absolute atomic E-state index is 0.267. The third kappa shape index (κ3) is 7.56. The van der Waals surface area contributed by atoms with E-state index in [4.69, 9.17) is 4.74 Å². The molecule has 0 fully saturated rings. The van der Waals surface area contributed by atoms with E-state index in [1.165, 1.54) is 4.31 Å². The van der Waals surface area contributed by atoms with Crippen LogP contribution in [0.5, 0.6) is 5.75 Å². The summed E-state index contributed by atoms with van der Waals surface area (Å²) in [5.74, 6) is 0.581. The number of unbranched alkanes of at least 4 members (excludes halogenated alkanes) is 1. The van der Waals surface area contributed by atoms with E-state index in [0.29, 0.717) is 31.1 Å². The van der Waals surface area contributed by atoms with Crippen LogP contribution in [0.4, 0.5) is 5.69 Å². The molecule has 7 nitrogen and oxygen atoms in total. The number of hydrazone groups is 1. The molecule has 1 N–H and O–H groups in total. The van der Waals surface area contributed by atoms with E-state index in [0.717, 1.165) is 24.9 Å². The Labute approximate surface area is 186 Å².